The molecule has 2 fully saturated rings. The van der Waals surface area contributed by atoms with Crippen molar-refractivity contribution in [2.24, 2.45) is 4.99 Å². The molecule has 0 spiro atoms. The lowest BCUT2D eigenvalue weighted by Crippen LogP contribution is -2.66. The van der Waals surface area contributed by atoms with Gasteiger partial charge in [-0.1, -0.05) is 24.3 Å². The zero-order chi connectivity index (χ0) is 24.9. The molecule has 0 saturated carbocycles. The Kier molecular flexibility index (Phi) is 5.99. The van der Waals surface area contributed by atoms with E-state index in [2.05, 4.69) is 26.6 Å². The van der Waals surface area contributed by atoms with Crippen molar-refractivity contribution in [3.05, 3.63) is 64.1 Å². The van der Waals surface area contributed by atoms with Crippen LogP contribution in [0.15, 0.2) is 46.6 Å². The summed E-state index contributed by atoms with van der Waals surface area (Å²) < 4.78 is 42.1. The zero-order valence-electron chi connectivity index (χ0n) is 18.8. The van der Waals surface area contributed by atoms with Gasteiger partial charge in [0.15, 0.2) is 5.65 Å². The van der Waals surface area contributed by atoms with Crippen LogP contribution in [0.1, 0.15) is 28.9 Å². The predicted octanol–water partition coefficient (Wildman–Crippen LogP) is 4.35. The van der Waals surface area contributed by atoms with E-state index in [0.29, 0.717) is 54.0 Å². The Labute approximate surface area is 204 Å². The maximum absolute atomic E-state index is 13.7. The van der Waals surface area contributed by atoms with Crippen molar-refractivity contribution in [3.8, 4) is 6.07 Å². The molecule has 1 aliphatic carbocycles. The number of hydrogen-bond acceptors (Lipinski definition) is 6. The highest BCUT2D eigenvalue weighted by Crippen LogP contribution is 2.35. The third kappa shape index (κ3) is 4.05. The normalized spacial score (nSPS) is 21.5. The fourth-order valence-electron chi connectivity index (χ4n) is 4.52. The Morgan fingerprint density at radius 3 is 2.66 bits per heavy atom. The number of allylic oxidation sites excluding steroid dienone is 5. The molecular weight excluding hydrogens is 479 g/mol. The molecular formula is C24H21ClF3N7. The maximum Gasteiger partial charge on any atom is 0.283 e. The summed E-state index contributed by atoms with van der Waals surface area (Å²) in [4.78, 5) is 12.8. The van der Waals surface area contributed by atoms with Crippen molar-refractivity contribution < 1.29 is 13.2 Å². The number of alkyl halides is 3. The van der Waals surface area contributed by atoms with Gasteiger partial charge in [0.2, 0.25) is 0 Å². The number of rotatable bonds is 5. The minimum atomic E-state index is -2.92. The standard InChI is InChI=1S/C24H21ClF3N7/c1-3-30-20-7-15(25)5-4-14(20)6-18-13(2)31-23-19(8-29)21(22(27)28)32-35(23)24(18)34-11-17(12-34)33-9-16(26)10-33/h3-7,16-17,22H,1,9-12H2,2H3/b14-6+,30-20?. The fraction of sp³-hybridized carbons (Fsp3) is 0.333. The first-order chi connectivity index (χ1) is 16.8. The SMILES string of the molecule is C=CN=C1C=C(Cl)C=C/C1=C\c1c(C)nc2c(C#N)c(C(F)F)nn2c1N1CC(N2CC(F)C2)C1. The second-order valence-corrected chi connectivity index (χ2v) is 9.05. The van der Waals surface area contributed by atoms with Crippen LogP contribution in [-0.2, 0) is 0 Å². The maximum atomic E-state index is 13.7. The average Bonchev–Trinajstić information content (AvgIpc) is 3.13. The summed E-state index contributed by atoms with van der Waals surface area (Å²) in [5, 5.41) is 14.2. The Balaban J connectivity index is 1.66. The van der Waals surface area contributed by atoms with Crippen molar-refractivity contribution in [1.82, 2.24) is 19.5 Å². The van der Waals surface area contributed by atoms with E-state index in [0.717, 1.165) is 5.57 Å². The number of hydrogen-bond donors (Lipinski definition) is 0. The topological polar surface area (TPSA) is 72.8 Å². The van der Waals surface area contributed by atoms with Gasteiger partial charge in [0.05, 0.1) is 11.4 Å². The van der Waals surface area contributed by atoms with Gasteiger partial charge in [-0.2, -0.15) is 14.9 Å². The number of likely N-dealkylation sites (tertiary alicyclic amines) is 1. The molecule has 0 unspecified atom stereocenters. The lowest BCUT2D eigenvalue weighted by molar-refractivity contribution is 0.0169. The summed E-state index contributed by atoms with van der Waals surface area (Å²) in [6.45, 7) is 7.35. The Bertz CT molecular complexity index is 1370. The van der Waals surface area contributed by atoms with Crippen LogP contribution in [0.2, 0.25) is 0 Å². The Morgan fingerprint density at radius 2 is 2.03 bits per heavy atom. The van der Waals surface area contributed by atoms with Crippen LogP contribution in [-0.4, -0.2) is 63.6 Å². The van der Waals surface area contributed by atoms with Crippen LogP contribution < -0.4 is 4.90 Å². The second kappa shape index (κ2) is 8.98. The summed E-state index contributed by atoms with van der Waals surface area (Å²) in [5.74, 6) is 0.545. The molecule has 2 aromatic heterocycles. The molecule has 3 aliphatic rings. The van der Waals surface area contributed by atoms with E-state index in [9.17, 15) is 18.4 Å². The quantitative estimate of drug-likeness (QED) is 0.611. The largest absolute Gasteiger partial charge is 0.353 e. The van der Waals surface area contributed by atoms with E-state index >= 15 is 0 Å². The van der Waals surface area contributed by atoms with Gasteiger partial charge in [0.1, 0.15) is 29.3 Å². The highest BCUT2D eigenvalue weighted by Gasteiger charge is 2.41. The molecule has 2 aliphatic heterocycles. The molecule has 0 radical (unpaired) electrons. The first-order valence-electron chi connectivity index (χ1n) is 11.0. The van der Waals surface area contributed by atoms with E-state index in [1.807, 2.05) is 17.0 Å². The average molecular weight is 500 g/mol. The van der Waals surface area contributed by atoms with Crippen LogP contribution >= 0.6 is 11.6 Å². The van der Waals surface area contributed by atoms with E-state index < -0.39 is 18.3 Å². The number of nitrogens with zero attached hydrogens (tertiary/aromatic N) is 7. The second-order valence-electron chi connectivity index (χ2n) is 8.61. The highest BCUT2D eigenvalue weighted by molar-refractivity contribution is 6.35. The van der Waals surface area contributed by atoms with E-state index in [1.165, 1.54) is 10.7 Å². The molecule has 0 bridgehead atoms. The van der Waals surface area contributed by atoms with Crippen LogP contribution in [0.25, 0.3) is 11.7 Å². The summed E-state index contributed by atoms with van der Waals surface area (Å²) in [6.07, 6.45) is 4.75. The van der Waals surface area contributed by atoms with Crippen LogP contribution in [0.3, 0.4) is 0 Å². The van der Waals surface area contributed by atoms with Crippen molar-refractivity contribution in [2.45, 2.75) is 25.6 Å². The van der Waals surface area contributed by atoms with Gasteiger partial charge in [0.25, 0.3) is 6.43 Å². The molecule has 0 N–H and O–H groups in total. The fourth-order valence-corrected chi connectivity index (χ4v) is 4.69. The number of nitriles is 1. The summed E-state index contributed by atoms with van der Waals surface area (Å²) in [6, 6.07) is 1.99. The molecule has 5 rings (SSSR count). The molecule has 180 valence electrons. The van der Waals surface area contributed by atoms with Gasteiger partial charge in [0, 0.05) is 54.6 Å². The van der Waals surface area contributed by atoms with Crippen LogP contribution in [0.5, 0.6) is 0 Å². The summed E-state index contributed by atoms with van der Waals surface area (Å²) >= 11 is 6.14. The first-order valence-corrected chi connectivity index (χ1v) is 11.4. The van der Waals surface area contributed by atoms with Crippen molar-refractivity contribution in [1.29, 1.82) is 5.26 Å². The third-order valence-electron chi connectivity index (χ3n) is 6.38. The van der Waals surface area contributed by atoms with Crippen molar-refractivity contribution in [2.75, 3.05) is 31.1 Å². The molecule has 0 aromatic carbocycles. The van der Waals surface area contributed by atoms with Crippen LogP contribution in [0, 0.1) is 18.3 Å². The summed E-state index contributed by atoms with van der Waals surface area (Å²) in [7, 11) is 0. The number of aryl methyl sites for hydroxylation is 1. The van der Waals surface area contributed by atoms with Gasteiger partial charge < -0.3 is 4.90 Å². The number of anilines is 1. The van der Waals surface area contributed by atoms with E-state index in [-0.39, 0.29) is 17.3 Å². The van der Waals surface area contributed by atoms with Gasteiger partial charge >= 0.3 is 0 Å². The van der Waals surface area contributed by atoms with E-state index in [4.69, 9.17) is 11.6 Å². The molecule has 2 saturated heterocycles. The minimum absolute atomic E-state index is 0.0794. The highest BCUT2D eigenvalue weighted by atomic mass is 35.5. The molecule has 7 nitrogen and oxygen atoms in total. The van der Waals surface area contributed by atoms with Crippen LogP contribution in [0.4, 0.5) is 19.0 Å². The third-order valence-corrected chi connectivity index (χ3v) is 6.61. The number of aromatic nitrogens is 3. The van der Waals surface area contributed by atoms with Gasteiger partial charge in [-0.3, -0.25) is 9.89 Å². The Morgan fingerprint density at radius 1 is 1.29 bits per heavy atom. The zero-order valence-corrected chi connectivity index (χ0v) is 19.6. The van der Waals surface area contributed by atoms with Gasteiger partial charge in [-0.25, -0.2) is 18.2 Å². The molecule has 2 aromatic rings. The first kappa shape index (κ1) is 23.3. The number of aliphatic imine (C=N–C) groups is 1. The lowest BCUT2D eigenvalue weighted by Gasteiger charge is -2.51. The minimum Gasteiger partial charge on any atom is -0.353 e. The lowest BCUT2D eigenvalue weighted by atomic mass is 9.98. The molecule has 0 atom stereocenters. The predicted molar refractivity (Wildman–Crippen MR) is 129 cm³/mol. The molecule has 11 heteroatoms. The Hall–Kier alpha value is -3.42. The number of fused-ring (bicyclic) bond motifs is 1. The smallest absolute Gasteiger partial charge is 0.283 e. The molecule has 35 heavy (non-hydrogen) atoms. The van der Waals surface area contributed by atoms with Crippen molar-refractivity contribution >= 4 is 34.9 Å². The number of halogens is 4. The van der Waals surface area contributed by atoms with Gasteiger partial charge in [-0.05, 0) is 25.2 Å². The van der Waals surface area contributed by atoms with Gasteiger partial charge in [-0.15, -0.1) is 0 Å². The molecule has 4 heterocycles. The summed E-state index contributed by atoms with van der Waals surface area (Å²) in [5.41, 5.74) is 1.73. The molecule has 0 amide bonds. The van der Waals surface area contributed by atoms with E-state index in [1.54, 1.807) is 25.2 Å². The van der Waals surface area contributed by atoms with Crippen molar-refractivity contribution in [3.63, 3.8) is 0 Å². The monoisotopic (exact) mass is 499 g/mol.